The predicted octanol–water partition coefficient (Wildman–Crippen LogP) is 2.71. The normalized spacial score (nSPS) is 14.3. The summed E-state index contributed by atoms with van der Waals surface area (Å²) in [5.74, 6) is -0.700. The summed E-state index contributed by atoms with van der Waals surface area (Å²) < 4.78 is 5.62. The van der Waals surface area contributed by atoms with E-state index in [0.717, 1.165) is 0 Å². The first-order valence-electron chi connectivity index (χ1n) is 8.45. The molecule has 7 nitrogen and oxygen atoms in total. The SMILES string of the molecule is CCOC(=O)Cc1csc(S[C@@H](C)C(=O)N2CC(=O)Nc3ccccc32)n1. The maximum atomic E-state index is 12.9. The van der Waals surface area contributed by atoms with Crippen molar-refractivity contribution in [2.45, 2.75) is 29.9 Å². The quantitative estimate of drug-likeness (QED) is 0.587. The Kier molecular flexibility index (Phi) is 6.12. The standard InChI is InChI=1S/C18H19N3O4S2/c1-3-25-16(23)8-12-10-26-18(19-12)27-11(2)17(24)21-9-15(22)20-13-6-4-5-7-14(13)21/h4-7,10-11H,3,8-9H2,1-2H3,(H,20,22)/t11-/m0/s1. The summed E-state index contributed by atoms with van der Waals surface area (Å²) in [6, 6.07) is 7.22. The molecule has 1 aromatic heterocycles. The average molecular weight is 406 g/mol. The largest absolute Gasteiger partial charge is 0.466 e. The van der Waals surface area contributed by atoms with E-state index in [-0.39, 0.29) is 30.7 Å². The van der Waals surface area contributed by atoms with Crippen LogP contribution in [-0.4, -0.2) is 41.2 Å². The number of esters is 1. The lowest BCUT2D eigenvalue weighted by Gasteiger charge is -2.30. The second-order valence-electron chi connectivity index (χ2n) is 5.84. The number of thiazole rings is 1. The van der Waals surface area contributed by atoms with Crippen molar-refractivity contribution >= 4 is 52.3 Å². The van der Waals surface area contributed by atoms with Crippen LogP contribution < -0.4 is 10.2 Å². The summed E-state index contributed by atoms with van der Waals surface area (Å²) in [7, 11) is 0. The minimum Gasteiger partial charge on any atom is -0.466 e. The lowest BCUT2D eigenvalue weighted by Crippen LogP contribution is -2.45. The highest BCUT2D eigenvalue weighted by molar-refractivity contribution is 8.02. The van der Waals surface area contributed by atoms with Crippen LogP contribution in [0.4, 0.5) is 11.4 Å². The summed E-state index contributed by atoms with van der Waals surface area (Å²) in [6.45, 7) is 3.87. The Morgan fingerprint density at radius 3 is 2.96 bits per heavy atom. The molecule has 1 aliphatic heterocycles. The second kappa shape index (κ2) is 8.53. The fourth-order valence-electron chi connectivity index (χ4n) is 2.63. The Morgan fingerprint density at radius 2 is 2.19 bits per heavy atom. The van der Waals surface area contributed by atoms with Crippen molar-refractivity contribution < 1.29 is 19.1 Å². The van der Waals surface area contributed by atoms with Crippen LogP contribution in [0.5, 0.6) is 0 Å². The minimum atomic E-state index is -0.425. The summed E-state index contributed by atoms with van der Waals surface area (Å²) in [4.78, 5) is 42.3. The zero-order valence-electron chi connectivity index (χ0n) is 14.9. The van der Waals surface area contributed by atoms with E-state index in [1.165, 1.54) is 28.0 Å². The Hall–Kier alpha value is -2.39. The molecule has 2 amide bonds. The molecule has 1 aromatic carbocycles. The molecule has 1 aliphatic rings. The van der Waals surface area contributed by atoms with Crippen molar-refractivity contribution in [1.82, 2.24) is 4.98 Å². The lowest BCUT2D eigenvalue weighted by molar-refractivity contribution is -0.142. The van der Waals surface area contributed by atoms with E-state index in [1.807, 2.05) is 18.2 Å². The highest BCUT2D eigenvalue weighted by atomic mass is 32.2. The van der Waals surface area contributed by atoms with Gasteiger partial charge in [-0.2, -0.15) is 0 Å². The molecule has 9 heteroatoms. The van der Waals surface area contributed by atoms with Gasteiger partial charge in [-0.1, -0.05) is 23.9 Å². The van der Waals surface area contributed by atoms with Gasteiger partial charge in [-0.05, 0) is 26.0 Å². The molecule has 0 spiro atoms. The van der Waals surface area contributed by atoms with E-state index in [9.17, 15) is 14.4 Å². The van der Waals surface area contributed by atoms with Crippen LogP contribution in [0.1, 0.15) is 19.5 Å². The number of hydrogen-bond acceptors (Lipinski definition) is 7. The molecule has 1 N–H and O–H groups in total. The van der Waals surface area contributed by atoms with Crippen LogP contribution in [0.15, 0.2) is 34.0 Å². The maximum absolute atomic E-state index is 12.9. The number of fused-ring (bicyclic) bond motifs is 1. The van der Waals surface area contributed by atoms with Gasteiger partial charge in [0.25, 0.3) is 0 Å². The fraction of sp³-hybridized carbons (Fsp3) is 0.333. The number of ether oxygens (including phenoxy) is 1. The number of nitrogens with zero attached hydrogens (tertiary/aromatic N) is 2. The van der Waals surface area contributed by atoms with Crippen LogP contribution in [0.2, 0.25) is 0 Å². The number of thioether (sulfide) groups is 1. The van der Waals surface area contributed by atoms with Crippen molar-refractivity contribution in [2.75, 3.05) is 23.4 Å². The molecule has 1 atom stereocenters. The van der Waals surface area contributed by atoms with Crippen LogP contribution in [0.3, 0.4) is 0 Å². The Morgan fingerprint density at radius 1 is 1.41 bits per heavy atom. The molecule has 0 radical (unpaired) electrons. The zero-order chi connectivity index (χ0) is 19.4. The molecule has 2 heterocycles. The number of nitrogens with one attached hydrogen (secondary N) is 1. The minimum absolute atomic E-state index is 0.00722. The molecule has 2 aromatic rings. The number of benzene rings is 1. The van der Waals surface area contributed by atoms with Gasteiger partial charge in [0.15, 0.2) is 4.34 Å². The van der Waals surface area contributed by atoms with Gasteiger partial charge in [-0.3, -0.25) is 19.3 Å². The van der Waals surface area contributed by atoms with Gasteiger partial charge in [-0.15, -0.1) is 11.3 Å². The smallest absolute Gasteiger partial charge is 0.311 e. The first-order chi connectivity index (χ1) is 13.0. The maximum Gasteiger partial charge on any atom is 0.311 e. The van der Waals surface area contributed by atoms with Crippen molar-refractivity contribution in [3.8, 4) is 0 Å². The fourth-order valence-corrected chi connectivity index (χ4v) is 4.68. The van der Waals surface area contributed by atoms with Gasteiger partial charge in [0.1, 0.15) is 6.54 Å². The molecule has 0 saturated heterocycles. The Labute approximate surface area is 165 Å². The monoisotopic (exact) mass is 405 g/mol. The number of amides is 2. The Bertz CT molecular complexity index is 868. The van der Waals surface area contributed by atoms with E-state index in [1.54, 1.807) is 25.3 Å². The first-order valence-corrected chi connectivity index (χ1v) is 10.2. The number of hydrogen-bond donors (Lipinski definition) is 1. The number of rotatable bonds is 6. The summed E-state index contributed by atoms with van der Waals surface area (Å²) in [6.07, 6.45) is 0.118. The molecule has 3 rings (SSSR count). The molecule has 0 unspecified atom stereocenters. The number of carbonyl (C=O) groups excluding carboxylic acids is 3. The van der Waals surface area contributed by atoms with Crippen LogP contribution >= 0.6 is 23.1 Å². The topological polar surface area (TPSA) is 88.6 Å². The number of para-hydroxylation sites is 2. The van der Waals surface area contributed by atoms with E-state index in [0.29, 0.717) is 28.0 Å². The van der Waals surface area contributed by atoms with Gasteiger partial charge >= 0.3 is 5.97 Å². The third-order valence-electron chi connectivity index (χ3n) is 3.82. The van der Waals surface area contributed by atoms with E-state index in [4.69, 9.17) is 4.74 Å². The van der Waals surface area contributed by atoms with Crippen LogP contribution in [0.25, 0.3) is 0 Å². The highest BCUT2D eigenvalue weighted by Gasteiger charge is 2.30. The van der Waals surface area contributed by atoms with Crippen molar-refractivity contribution in [3.05, 3.63) is 35.3 Å². The van der Waals surface area contributed by atoms with Crippen molar-refractivity contribution in [3.63, 3.8) is 0 Å². The van der Waals surface area contributed by atoms with Gasteiger partial charge in [0.05, 0.1) is 35.3 Å². The molecule has 27 heavy (non-hydrogen) atoms. The first kappa shape index (κ1) is 19.4. The average Bonchev–Trinajstić information content (AvgIpc) is 3.07. The molecule has 0 saturated carbocycles. The molecule has 0 fully saturated rings. The predicted molar refractivity (Wildman–Crippen MR) is 105 cm³/mol. The third-order valence-corrected chi connectivity index (χ3v) is 5.93. The van der Waals surface area contributed by atoms with Crippen molar-refractivity contribution in [1.29, 1.82) is 0 Å². The van der Waals surface area contributed by atoms with Gasteiger partial charge in [0.2, 0.25) is 11.8 Å². The molecular formula is C18H19N3O4S2. The summed E-state index contributed by atoms with van der Waals surface area (Å²) in [5.41, 5.74) is 1.95. The second-order valence-corrected chi connectivity index (χ2v) is 8.28. The van der Waals surface area contributed by atoms with Crippen molar-refractivity contribution in [2.24, 2.45) is 0 Å². The molecule has 0 aliphatic carbocycles. The Balaban J connectivity index is 1.67. The summed E-state index contributed by atoms with van der Waals surface area (Å²) >= 11 is 2.70. The number of aromatic nitrogens is 1. The zero-order valence-corrected chi connectivity index (χ0v) is 16.6. The van der Waals surface area contributed by atoms with E-state index in [2.05, 4.69) is 10.3 Å². The van der Waals surface area contributed by atoms with Crippen LogP contribution in [-0.2, 0) is 25.5 Å². The van der Waals surface area contributed by atoms with Gasteiger partial charge in [0, 0.05) is 5.38 Å². The van der Waals surface area contributed by atoms with Crippen LogP contribution in [0, 0.1) is 0 Å². The third kappa shape index (κ3) is 4.67. The number of anilines is 2. The lowest BCUT2D eigenvalue weighted by atomic mass is 10.2. The van der Waals surface area contributed by atoms with E-state index >= 15 is 0 Å². The highest BCUT2D eigenvalue weighted by Crippen LogP contribution is 2.33. The molecule has 142 valence electrons. The van der Waals surface area contributed by atoms with E-state index < -0.39 is 5.25 Å². The number of carbonyl (C=O) groups is 3. The van der Waals surface area contributed by atoms with Gasteiger partial charge < -0.3 is 10.1 Å². The molecular weight excluding hydrogens is 386 g/mol. The summed E-state index contributed by atoms with van der Waals surface area (Å²) in [5, 5.41) is 4.14. The molecule has 0 bridgehead atoms. The van der Waals surface area contributed by atoms with Gasteiger partial charge in [-0.25, -0.2) is 4.98 Å².